The van der Waals surface area contributed by atoms with Gasteiger partial charge in [0.25, 0.3) is 0 Å². The zero-order chi connectivity index (χ0) is 11.0. The molecule has 0 saturated carbocycles. The Morgan fingerprint density at radius 2 is 1.93 bits per heavy atom. The minimum absolute atomic E-state index is 0.192. The molecule has 4 heteroatoms. The van der Waals surface area contributed by atoms with Crippen LogP contribution in [0.5, 0.6) is 0 Å². The predicted octanol–water partition coefficient (Wildman–Crippen LogP) is 2.85. The molecule has 0 bridgehead atoms. The van der Waals surface area contributed by atoms with Crippen LogP contribution in [-0.4, -0.2) is 15.9 Å². The van der Waals surface area contributed by atoms with Crippen molar-refractivity contribution < 1.29 is 14.3 Å². The maximum absolute atomic E-state index is 11.3. The van der Waals surface area contributed by atoms with Gasteiger partial charge in [-0.05, 0) is 12.8 Å². The van der Waals surface area contributed by atoms with Gasteiger partial charge in [-0.1, -0.05) is 49.3 Å². The molecular formula is C10H17IO3. The van der Waals surface area contributed by atoms with Crippen molar-refractivity contribution in [1.29, 1.82) is 0 Å². The molecule has 1 unspecified atom stereocenters. The molecule has 0 radical (unpaired) electrons. The molecule has 0 rings (SSSR count). The van der Waals surface area contributed by atoms with E-state index in [1.165, 1.54) is 0 Å². The van der Waals surface area contributed by atoms with Crippen LogP contribution >= 0.6 is 22.6 Å². The van der Waals surface area contributed by atoms with Crippen LogP contribution < -0.4 is 0 Å². The summed E-state index contributed by atoms with van der Waals surface area (Å²) in [7, 11) is 0. The lowest BCUT2D eigenvalue weighted by atomic mass is 10.2. The Bertz CT molecular complexity index is 192. The van der Waals surface area contributed by atoms with Gasteiger partial charge in [-0.25, -0.2) is 0 Å². The molecule has 1 atom stereocenters. The number of esters is 2. The van der Waals surface area contributed by atoms with Gasteiger partial charge in [0.1, 0.15) is 3.92 Å². The summed E-state index contributed by atoms with van der Waals surface area (Å²) in [5.41, 5.74) is 0. The highest BCUT2D eigenvalue weighted by Gasteiger charge is 2.18. The van der Waals surface area contributed by atoms with Gasteiger partial charge < -0.3 is 4.74 Å². The fourth-order valence-corrected chi connectivity index (χ4v) is 1.67. The molecule has 0 N–H and O–H groups in total. The van der Waals surface area contributed by atoms with Crippen LogP contribution in [0.15, 0.2) is 0 Å². The van der Waals surface area contributed by atoms with E-state index in [4.69, 9.17) is 0 Å². The Morgan fingerprint density at radius 3 is 2.43 bits per heavy atom. The molecule has 82 valence electrons. The van der Waals surface area contributed by atoms with E-state index in [0.29, 0.717) is 6.42 Å². The SMILES string of the molecule is CCCCC(=O)OC(=O)C(I)CCC. The van der Waals surface area contributed by atoms with E-state index in [9.17, 15) is 9.59 Å². The van der Waals surface area contributed by atoms with E-state index in [2.05, 4.69) is 4.74 Å². The first-order valence-corrected chi connectivity index (χ1v) is 6.25. The molecule has 3 nitrogen and oxygen atoms in total. The van der Waals surface area contributed by atoms with Crippen LogP contribution in [0.1, 0.15) is 46.0 Å². The Labute approximate surface area is 98.7 Å². The number of ether oxygens (including phenoxy) is 1. The molecule has 0 amide bonds. The van der Waals surface area contributed by atoms with Gasteiger partial charge in [-0.2, -0.15) is 0 Å². The quantitative estimate of drug-likeness (QED) is 0.328. The van der Waals surface area contributed by atoms with Crippen molar-refractivity contribution in [1.82, 2.24) is 0 Å². The second-order valence-corrected chi connectivity index (χ2v) is 4.66. The number of unbranched alkanes of at least 4 members (excludes halogenated alkanes) is 1. The van der Waals surface area contributed by atoms with Gasteiger partial charge in [0.2, 0.25) is 0 Å². The maximum Gasteiger partial charge on any atom is 0.326 e. The summed E-state index contributed by atoms with van der Waals surface area (Å²) in [5.74, 6) is -0.789. The van der Waals surface area contributed by atoms with Crippen molar-refractivity contribution >= 4 is 34.5 Å². The molecule has 0 spiro atoms. The molecule has 14 heavy (non-hydrogen) atoms. The summed E-state index contributed by atoms with van der Waals surface area (Å²) in [6.07, 6.45) is 3.75. The zero-order valence-corrected chi connectivity index (χ0v) is 10.9. The van der Waals surface area contributed by atoms with Crippen LogP contribution in [-0.2, 0) is 14.3 Å². The van der Waals surface area contributed by atoms with Crippen LogP contribution in [0.25, 0.3) is 0 Å². The van der Waals surface area contributed by atoms with E-state index >= 15 is 0 Å². The Hall–Kier alpha value is -0.130. The van der Waals surface area contributed by atoms with E-state index in [1.807, 2.05) is 36.4 Å². The van der Waals surface area contributed by atoms with Gasteiger partial charge in [-0.3, -0.25) is 9.59 Å². The number of hydrogen-bond donors (Lipinski definition) is 0. The van der Waals surface area contributed by atoms with E-state index in [-0.39, 0.29) is 3.92 Å². The molecule has 0 fully saturated rings. The molecule has 0 aromatic rings. The standard InChI is InChI=1S/C10H17IO3/c1-3-5-7-9(12)14-10(13)8(11)6-4-2/h8H,3-7H2,1-2H3. The smallest absolute Gasteiger partial charge is 0.326 e. The predicted molar refractivity (Wildman–Crippen MR) is 63.3 cm³/mol. The number of hydrogen-bond acceptors (Lipinski definition) is 3. The third kappa shape index (κ3) is 6.34. The van der Waals surface area contributed by atoms with Gasteiger partial charge >= 0.3 is 11.9 Å². The lowest BCUT2D eigenvalue weighted by molar-refractivity contribution is -0.159. The van der Waals surface area contributed by atoms with Crippen molar-refractivity contribution in [3.8, 4) is 0 Å². The van der Waals surface area contributed by atoms with Crippen LogP contribution in [0.3, 0.4) is 0 Å². The summed E-state index contributed by atoms with van der Waals surface area (Å²) < 4.78 is 4.49. The van der Waals surface area contributed by atoms with Crippen molar-refractivity contribution in [3.05, 3.63) is 0 Å². The van der Waals surface area contributed by atoms with E-state index < -0.39 is 11.9 Å². The highest BCUT2D eigenvalue weighted by Crippen LogP contribution is 2.11. The average Bonchev–Trinajstić information content (AvgIpc) is 2.15. The van der Waals surface area contributed by atoms with Crippen molar-refractivity contribution in [2.75, 3.05) is 0 Å². The molecule has 0 aromatic carbocycles. The van der Waals surface area contributed by atoms with Gasteiger partial charge in [0.15, 0.2) is 0 Å². The third-order valence-electron chi connectivity index (χ3n) is 1.75. The number of halogens is 1. The number of alkyl halides is 1. The summed E-state index contributed by atoms with van der Waals surface area (Å²) in [6, 6.07) is 0. The van der Waals surface area contributed by atoms with Crippen LogP contribution in [0, 0.1) is 0 Å². The summed E-state index contributed by atoms with van der Waals surface area (Å²) in [6.45, 7) is 3.99. The van der Waals surface area contributed by atoms with Crippen molar-refractivity contribution in [3.63, 3.8) is 0 Å². The van der Waals surface area contributed by atoms with Crippen LogP contribution in [0.4, 0.5) is 0 Å². The summed E-state index contributed by atoms with van der Waals surface area (Å²) in [4.78, 5) is 22.3. The average molecular weight is 312 g/mol. The van der Waals surface area contributed by atoms with Gasteiger partial charge in [0, 0.05) is 6.42 Å². The second-order valence-electron chi connectivity index (χ2n) is 3.15. The highest BCUT2D eigenvalue weighted by atomic mass is 127. The van der Waals surface area contributed by atoms with E-state index in [1.54, 1.807) is 0 Å². The largest absolute Gasteiger partial charge is 0.392 e. The fraction of sp³-hybridized carbons (Fsp3) is 0.800. The molecule has 0 aliphatic carbocycles. The number of carbonyl (C=O) groups excluding carboxylic acids is 2. The first kappa shape index (κ1) is 13.9. The summed E-state index contributed by atoms with van der Waals surface area (Å²) >= 11 is 2.01. The lowest BCUT2D eigenvalue weighted by Gasteiger charge is -2.06. The zero-order valence-electron chi connectivity index (χ0n) is 8.72. The lowest BCUT2D eigenvalue weighted by Crippen LogP contribution is -2.20. The normalized spacial score (nSPS) is 12.2. The first-order valence-electron chi connectivity index (χ1n) is 5.00. The maximum atomic E-state index is 11.3. The minimum atomic E-state index is -0.395. The first-order chi connectivity index (χ1) is 6.61. The van der Waals surface area contributed by atoms with E-state index in [0.717, 1.165) is 25.7 Å². The minimum Gasteiger partial charge on any atom is -0.392 e. The van der Waals surface area contributed by atoms with Gasteiger partial charge in [0.05, 0.1) is 0 Å². The second kappa shape index (κ2) is 8.20. The molecule has 0 aliphatic heterocycles. The molecule has 0 saturated heterocycles. The van der Waals surface area contributed by atoms with Gasteiger partial charge in [-0.15, -0.1) is 0 Å². The molecule has 0 heterocycles. The van der Waals surface area contributed by atoms with Crippen LogP contribution in [0.2, 0.25) is 0 Å². The molecular weight excluding hydrogens is 295 g/mol. The number of rotatable bonds is 6. The molecule has 0 aliphatic rings. The molecule has 0 aromatic heterocycles. The highest BCUT2D eigenvalue weighted by molar-refractivity contribution is 14.1. The third-order valence-corrected chi connectivity index (χ3v) is 2.88. The fourth-order valence-electron chi connectivity index (χ4n) is 0.920. The van der Waals surface area contributed by atoms with Crippen molar-refractivity contribution in [2.45, 2.75) is 49.9 Å². The topological polar surface area (TPSA) is 43.4 Å². The Morgan fingerprint density at radius 1 is 1.29 bits per heavy atom. The summed E-state index contributed by atoms with van der Waals surface area (Å²) in [5, 5.41) is 0. The monoisotopic (exact) mass is 312 g/mol. The Kier molecular flexibility index (Phi) is 8.12. The van der Waals surface area contributed by atoms with Crippen molar-refractivity contribution in [2.24, 2.45) is 0 Å². The Balaban J connectivity index is 3.75. The number of carbonyl (C=O) groups is 2.